The van der Waals surface area contributed by atoms with Crippen LogP contribution in [0.15, 0.2) is 0 Å². The van der Waals surface area contributed by atoms with Gasteiger partial charge in [-0.15, -0.1) is 0 Å². The summed E-state index contributed by atoms with van der Waals surface area (Å²) in [5.41, 5.74) is 0.0757. The van der Waals surface area contributed by atoms with Crippen LogP contribution in [0.3, 0.4) is 0 Å². The van der Waals surface area contributed by atoms with Gasteiger partial charge in [0.2, 0.25) is 0 Å². The van der Waals surface area contributed by atoms with E-state index in [2.05, 4.69) is 13.8 Å². The van der Waals surface area contributed by atoms with Gasteiger partial charge in [-0.05, 0) is 80.5 Å². The number of ether oxygens (including phenoxy) is 2. The quantitative estimate of drug-likeness (QED) is 0.463. The fourth-order valence-corrected chi connectivity index (χ4v) is 8.47. The van der Waals surface area contributed by atoms with Gasteiger partial charge in [-0.25, -0.2) is 4.79 Å². The summed E-state index contributed by atoms with van der Waals surface area (Å²) in [7, 11) is 0. The van der Waals surface area contributed by atoms with E-state index < -0.39 is 36.7 Å². The fraction of sp³-hybridized carbons (Fsp3) is 0.920. The lowest BCUT2D eigenvalue weighted by molar-refractivity contribution is -0.309. The minimum atomic E-state index is -1.71. The number of aliphatic hydroxyl groups is 3. The molecular weight excluding hydrogens is 428 g/mol. The van der Waals surface area contributed by atoms with Crippen molar-refractivity contribution in [3.8, 4) is 0 Å². The standard InChI is InChI=1S/C25H38O8/c1-24-9-7-13(32-23-20(29)18(27)19(28)21(33-23)22(30)31)11-12(24)3-4-14-15-5-6-17(26)25(15,2)10-8-16(14)24/h12-16,18-21,23,27-29H,3-11H2,1-2H3,(H,30,31)/t12-,13-,14+,15+,16+,18+,19+,20-,21+,23-,24-,25+/m0/s1. The Morgan fingerprint density at radius 2 is 1.73 bits per heavy atom. The molecule has 0 aromatic heterocycles. The normalized spacial score (nSPS) is 54.3. The second-order valence-corrected chi connectivity index (χ2v) is 11.8. The van der Waals surface area contributed by atoms with Crippen molar-refractivity contribution in [3.05, 3.63) is 0 Å². The highest BCUT2D eigenvalue weighted by atomic mass is 16.7. The Morgan fingerprint density at radius 3 is 2.45 bits per heavy atom. The molecule has 8 nitrogen and oxygen atoms in total. The lowest BCUT2D eigenvalue weighted by atomic mass is 9.45. The molecule has 0 spiro atoms. The van der Waals surface area contributed by atoms with Crippen LogP contribution in [0.5, 0.6) is 0 Å². The molecule has 8 heteroatoms. The predicted octanol–water partition coefficient (Wildman–Crippen LogP) is 1.88. The van der Waals surface area contributed by atoms with Crippen molar-refractivity contribution >= 4 is 11.8 Å². The van der Waals surface area contributed by atoms with Crippen LogP contribution in [0.25, 0.3) is 0 Å². The molecule has 1 saturated heterocycles. The molecule has 0 amide bonds. The van der Waals surface area contributed by atoms with E-state index in [0.29, 0.717) is 29.5 Å². The van der Waals surface area contributed by atoms with Crippen molar-refractivity contribution in [3.63, 3.8) is 0 Å². The molecule has 0 aromatic rings. The summed E-state index contributed by atoms with van der Waals surface area (Å²) in [6.07, 6.45) is 0.719. The third-order valence-corrected chi connectivity index (χ3v) is 10.5. The van der Waals surface area contributed by atoms with Gasteiger partial charge in [0.25, 0.3) is 0 Å². The molecule has 5 aliphatic rings. The topological polar surface area (TPSA) is 134 Å². The molecule has 12 atom stereocenters. The zero-order chi connectivity index (χ0) is 23.7. The van der Waals surface area contributed by atoms with Crippen LogP contribution in [0, 0.1) is 34.5 Å². The van der Waals surface area contributed by atoms with Gasteiger partial charge in [0.1, 0.15) is 24.1 Å². The number of carboxylic acids is 1. The number of carboxylic acid groups (broad SMARTS) is 1. The van der Waals surface area contributed by atoms with Crippen LogP contribution in [0.2, 0.25) is 0 Å². The molecule has 186 valence electrons. The minimum absolute atomic E-state index is 0.120. The molecule has 0 aromatic carbocycles. The number of aliphatic carboxylic acids is 1. The number of carbonyl (C=O) groups is 2. The van der Waals surface area contributed by atoms with Crippen molar-refractivity contribution < 1.29 is 39.5 Å². The summed E-state index contributed by atoms with van der Waals surface area (Å²) in [4.78, 5) is 24.0. The summed E-state index contributed by atoms with van der Waals surface area (Å²) in [6.45, 7) is 4.62. The number of hydrogen-bond acceptors (Lipinski definition) is 7. The molecule has 5 rings (SSSR count). The van der Waals surface area contributed by atoms with Gasteiger partial charge >= 0.3 is 5.97 Å². The highest BCUT2D eigenvalue weighted by molar-refractivity contribution is 5.87. The molecule has 1 heterocycles. The maximum Gasteiger partial charge on any atom is 0.335 e. The number of hydrogen-bond donors (Lipinski definition) is 4. The zero-order valence-electron chi connectivity index (χ0n) is 19.6. The van der Waals surface area contributed by atoms with Crippen LogP contribution < -0.4 is 0 Å². The Hall–Kier alpha value is -1.06. The number of fused-ring (bicyclic) bond motifs is 5. The summed E-state index contributed by atoms with van der Waals surface area (Å²) in [5.74, 6) is 1.28. The van der Waals surface area contributed by atoms with Crippen LogP contribution in [0.1, 0.15) is 71.6 Å². The van der Waals surface area contributed by atoms with E-state index in [1.165, 1.54) is 0 Å². The summed E-state index contributed by atoms with van der Waals surface area (Å²) >= 11 is 0. The van der Waals surface area contributed by atoms with E-state index in [4.69, 9.17) is 9.47 Å². The number of Topliss-reactive ketones (excluding diaryl/α,β-unsaturated/α-hetero) is 1. The predicted molar refractivity (Wildman–Crippen MR) is 116 cm³/mol. The summed E-state index contributed by atoms with van der Waals surface area (Å²) in [6, 6.07) is 0. The van der Waals surface area contributed by atoms with Gasteiger partial charge < -0.3 is 29.9 Å². The maximum atomic E-state index is 12.6. The summed E-state index contributed by atoms with van der Waals surface area (Å²) in [5, 5.41) is 39.6. The van der Waals surface area contributed by atoms with Crippen LogP contribution in [-0.2, 0) is 19.1 Å². The molecule has 0 unspecified atom stereocenters. The van der Waals surface area contributed by atoms with E-state index in [-0.39, 0.29) is 16.9 Å². The molecule has 1 aliphatic heterocycles. The van der Waals surface area contributed by atoms with E-state index in [0.717, 1.165) is 57.8 Å². The first kappa shape index (κ1) is 23.7. The Kier molecular flexibility index (Phi) is 5.93. The van der Waals surface area contributed by atoms with Crippen molar-refractivity contribution in [1.29, 1.82) is 0 Å². The van der Waals surface area contributed by atoms with E-state index in [1.807, 2.05) is 0 Å². The number of ketones is 1. The van der Waals surface area contributed by atoms with Crippen molar-refractivity contribution in [2.75, 3.05) is 0 Å². The Labute approximate surface area is 194 Å². The first-order valence-corrected chi connectivity index (χ1v) is 12.7. The third kappa shape index (κ3) is 3.59. The van der Waals surface area contributed by atoms with Crippen LogP contribution in [0.4, 0.5) is 0 Å². The van der Waals surface area contributed by atoms with Crippen LogP contribution in [-0.4, -0.2) is 69.0 Å². The second-order valence-electron chi connectivity index (χ2n) is 11.8. The molecule has 4 aliphatic carbocycles. The lowest BCUT2D eigenvalue weighted by Gasteiger charge is -2.60. The first-order valence-electron chi connectivity index (χ1n) is 12.7. The average molecular weight is 467 g/mol. The highest BCUT2D eigenvalue weighted by Gasteiger charge is 2.60. The maximum absolute atomic E-state index is 12.6. The van der Waals surface area contributed by atoms with E-state index >= 15 is 0 Å². The fourth-order valence-electron chi connectivity index (χ4n) is 8.47. The second kappa shape index (κ2) is 8.26. The van der Waals surface area contributed by atoms with Gasteiger partial charge in [0.05, 0.1) is 6.10 Å². The first-order chi connectivity index (χ1) is 15.6. The lowest BCUT2D eigenvalue weighted by Crippen LogP contribution is -2.61. The largest absolute Gasteiger partial charge is 0.479 e. The SMILES string of the molecule is C[C@]12CC[C@H](O[C@H]3O[C@@H](C(=O)O)[C@H](O)[C@@H](O)[C@@H]3O)C[C@@H]1CC[C@H]1[C@H]2CC[C@@]2(C)C(=O)CC[C@H]12. The van der Waals surface area contributed by atoms with Gasteiger partial charge in [0.15, 0.2) is 12.4 Å². The van der Waals surface area contributed by atoms with Gasteiger partial charge in [0, 0.05) is 11.8 Å². The van der Waals surface area contributed by atoms with Crippen molar-refractivity contribution in [2.24, 2.45) is 34.5 Å². The monoisotopic (exact) mass is 466 g/mol. The van der Waals surface area contributed by atoms with Gasteiger partial charge in [-0.2, -0.15) is 0 Å². The van der Waals surface area contributed by atoms with E-state index in [1.54, 1.807) is 0 Å². The average Bonchev–Trinajstić information content (AvgIpc) is 3.08. The Bertz CT molecular complexity index is 801. The minimum Gasteiger partial charge on any atom is -0.479 e. The number of aliphatic hydroxyl groups excluding tert-OH is 3. The number of rotatable bonds is 3. The zero-order valence-corrected chi connectivity index (χ0v) is 19.6. The smallest absolute Gasteiger partial charge is 0.335 e. The molecule has 5 fully saturated rings. The molecule has 0 radical (unpaired) electrons. The Balaban J connectivity index is 1.26. The molecule has 33 heavy (non-hydrogen) atoms. The van der Waals surface area contributed by atoms with Crippen LogP contribution >= 0.6 is 0 Å². The van der Waals surface area contributed by atoms with E-state index in [9.17, 15) is 30.0 Å². The molecule has 0 bridgehead atoms. The molecular formula is C25H38O8. The van der Waals surface area contributed by atoms with Crippen molar-refractivity contribution in [2.45, 2.75) is 108 Å². The summed E-state index contributed by atoms with van der Waals surface area (Å²) < 4.78 is 11.4. The van der Waals surface area contributed by atoms with Gasteiger partial charge in [-0.1, -0.05) is 13.8 Å². The molecule has 4 N–H and O–H groups in total. The number of carbonyl (C=O) groups excluding carboxylic acids is 1. The third-order valence-electron chi connectivity index (χ3n) is 10.5. The molecule has 4 saturated carbocycles. The van der Waals surface area contributed by atoms with Crippen molar-refractivity contribution in [1.82, 2.24) is 0 Å². The highest BCUT2D eigenvalue weighted by Crippen LogP contribution is 2.65. The van der Waals surface area contributed by atoms with Gasteiger partial charge in [-0.3, -0.25) is 4.79 Å². The Morgan fingerprint density at radius 1 is 0.970 bits per heavy atom.